The molecule has 0 bridgehead atoms. The molecule has 0 atom stereocenters. The first kappa shape index (κ1) is 13.5. The molecule has 0 unspecified atom stereocenters. The van der Waals surface area contributed by atoms with Gasteiger partial charge in [-0.1, -0.05) is 29.3 Å². The van der Waals surface area contributed by atoms with Gasteiger partial charge in [-0.2, -0.15) is 5.10 Å². The van der Waals surface area contributed by atoms with Crippen LogP contribution in [-0.4, -0.2) is 17.1 Å². The lowest BCUT2D eigenvalue weighted by atomic mass is 10.2. The number of benzene rings is 1. The van der Waals surface area contributed by atoms with Gasteiger partial charge < -0.3 is 0 Å². The molecule has 4 nitrogen and oxygen atoms in total. The van der Waals surface area contributed by atoms with Crippen LogP contribution in [0.3, 0.4) is 0 Å². The lowest BCUT2D eigenvalue weighted by Gasteiger charge is -2.02. The number of nitrogens with zero attached hydrogens (tertiary/aromatic N) is 2. The number of hydrogen-bond acceptors (Lipinski definition) is 3. The van der Waals surface area contributed by atoms with Crippen molar-refractivity contribution in [1.29, 1.82) is 0 Å². The Balaban J connectivity index is 2.06. The molecule has 0 aliphatic rings. The summed E-state index contributed by atoms with van der Waals surface area (Å²) >= 11 is 11.7. The van der Waals surface area contributed by atoms with Crippen molar-refractivity contribution in [3.05, 3.63) is 63.9 Å². The van der Waals surface area contributed by atoms with E-state index in [0.29, 0.717) is 10.0 Å². The van der Waals surface area contributed by atoms with Gasteiger partial charge in [-0.25, -0.2) is 5.43 Å². The van der Waals surface area contributed by atoms with Gasteiger partial charge in [-0.3, -0.25) is 9.78 Å². The SMILES string of the molecule is O=C(NN=Cc1cccnc1)c1cc(Cl)ccc1Cl. The van der Waals surface area contributed by atoms with Gasteiger partial charge in [-0.15, -0.1) is 0 Å². The molecule has 0 fully saturated rings. The van der Waals surface area contributed by atoms with E-state index in [-0.39, 0.29) is 5.56 Å². The summed E-state index contributed by atoms with van der Waals surface area (Å²) in [5, 5.41) is 4.58. The third kappa shape index (κ3) is 3.77. The molecule has 0 saturated carbocycles. The van der Waals surface area contributed by atoms with E-state index in [2.05, 4.69) is 15.5 Å². The maximum Gasteiger partial charge on any atom is 0.272 e. The van der Waals surface area contributed by atoms with Crippen molar-refractivity contribution in [1.82, 2.24) is 10.4 Å². The highest BCUT2D eigenvalue weighted by Crippen LogP contribution is 2.20. The van der Waals surface area contributed by atoms with E-state index >= 15 is 0 Å². The molecule has 6 heteroatoms. The summed E-state index contributed by atoms with van der Waals surface area (Å²) in [7, 11) is 0. The largest absolute Gasteiger partial charge is 0.272 e. The van der Waals surface area contributed by atoms with Crippen molar-refractivity contribution < 1.29 is 4.79 Å². The molecular weight excluding hydrogens is 285 g/mol. The molecular formula is C13H9Cl2N3O. The highest BCUT2D eigenvalue weighted by atomic mass is 35.5. The van der Waals surface area contributed by atoms with E-state index in [1.807, 2.05) is 6.07 Å². The maximum absolute atomic E-state index is 11.8. The van der Waals surface area contributed by atoms with Crippen LogP contribution in [0.5, 0.6) is 0 Å². The normalized spacial score (nSPS) is 10.6. The number of pyridine rings is 1. The average molecular weight is 294 g/mol. The van der Waals surface area contributed by atoms with Crippen LogP contribution in [0.2, 0.25) is 10.0 Å². The number of carbonyl (C=O) groups is 1. The Morgan fingerprint density at radius 2 is 2.16 bits per heavy atom. The predicted octanol–water partition coefficient (Wildman–Crippen LogP) is 3.15. The Morgan fingerprint density at radius 1 is 1.32 bits per heavy atom. The molecule has 0 saturated heterocycles. The van der Waals surface area contributed by atoms with Crippen LogP contribution in [0.25, 0.3) is 0 Å². The van der Waals surface area contributed by atoms with E-state index in [1.165, 1.54) is 12.3 Å². The quantitative estimate of drug-likeness (QED) is 0.698. The van der Waals surface area contributed by atoms with Gasteiger partial charge in [0, 0.05) is 23.0 Å². The monoisotopic (exact) mass is 293 g/mol. The minimum absolute atomic E-state index is 0.275. The average Bonchev–Trinajstić information content (AvgIpc) is 2.42. The molecule has 0 aliphatic heterocycles. The first-order valence-electron chi connectivity index (χ1n) is 5.35. The molecule has 1 amide bonds. The number of halogens is 2. The summed E-state index contributed by atoms with van der Waals surface area (Å²) in [5.41, 5.74) is 3.43. The van der Waals surface area contributed by atoms with Crippen molar-refractivity contribution in [2.45, 2.75) is 0 Å². The summed E-state index contributed by atoms with van der Waals surface area (Å²) < 4.78 is 0. The molecule has 96 valence electrons. The van der Waals surface area contributed by atoms with Gasteiger partial charge in [-0.05, 0) is 24.3 Å². The zero-order chi connectivity index (χ0) is 13.7. The standard InChI is InChI=1S/C13H9Cl2N3O/c14-10-3-4-12(15)11(6-10)13(19)18-17-8-9-2-1-5-16-7-9/h1-8H,(H,18,19). The molecule has 19 heavy (non-hydrogen) atoms. The van der Waals surface area contributed by atoms with Crippen LogP contribution in [0.15, 0.2) is 47.8 Å². The molecule has 2 aromatic rings. The Labute approximate surface area is 120 Å². The third-order valence-electron chi connectivity index (χ3n) is 2.24. The van der Waals surface area contributed by atoms with Crippen LogP contribution >= 0.6 is 23.2 Å². The van der Waals surface area contributed by atoms with Crippen LogP contribution in [0, 0.1) is 0 Å². The Kier molecular flexibility index (Phi) is 4.49. The lowest BCUT2D eigenvalue weighted by Crippen LogP contribution is -2.18. The molecule has 0 radical (unpaired) electrons. The Bertz CT molecular complexity index is 615. The second-order valence-corrected chi connectivity index (χ2v) is 4.45. The lowest BCUT2D eigenvalue weighted by molar-refractivity contribution is 0.0955. The smallest absolute Gasteiger partial charge is 0.267 e. The molecule has 0 spiro atoms. The van der Waals surface area contributed by atoms with E-state index in [1.54, 1.807) is 30.6 Å². The fourth-order valence-electron chi connectivity index (χ4n) is 1.35. The topological polar surface area (TPSA) is 54.4 Å². The highest BCUT2D eigenvalue weighted by Gasteiger charge is 2.09. The van der Waals surface area contributed by atoms with E-state index in [0.717, 1.165) is 5.56 Å². The summed E-state index contributed by atoms with van der Waals surface area (Å²) in [6.45, 7) is 0. The van der Waals surface area contributed by atoms with E-state index in [9.17, 15) is 4.79 Å². The summed E-state index contributed by atoms with van der Waals surface area (Å²) in [6, 6.07) is 8.24. The number of nitrogens with one attached hydrogen (secondary N) is 1. The fraction of sp³-hybridized carbons (Fsp3) is 0. The number of amides is 1. The number of hydrazone groups is 1. The zero-order valence-corrected chi connectivity index (χ0v) is 11.2. The van der Waals surface area contributed by atoms with E-state index in [4.69, 9.17) is 23.2 Å². The number of carbonyl (C=O) groups excluding carboxylic acids is 1. The minimum Gasteiger partial charge on any atom is -0.267 e. The van der Waals surface area contributed by atoms with Gasteiger partial charge in [0.05, 0.1) is 16.8 Å². The van der Waals surface area contributed by atoms with Gasteiger partial charge >= 0.3 is 0 Å². The maximum atomic E-state index is 11.8. The summed E-state index contributed by atoms with van der Waals surface area (Å²) in [5.74, 6) is -0.423. The second kappa shape index (κ2) is 6.31. The van der Waals surface area contributed by atoms with Crippen LogP contribution in [0.4, 0.5) is 0 Å². The van der Waals surface area contributed by atoms with Gasteiger partial charge in [0.1, 0.15) is 0 Å². The van der Waals surface area contributed by atoms with Crippen molar-refractivity contribution in [2.24, 2.45) is 5.10 Å². The highest BCUT2D eigenvalue weighted by molar-refractivity contribution is 6.35. The zero-order valence-electron chi connectivity index (χ0n) is 9.68. The first-order chi connectivity index (χ1) is 9.16. The van der Waals surface area contributed by atoms with Crippen molar-refractivity contribution in [2.75, 3.05) is 0 Å². The fourth-order valence-corrected chi connectivity index (χ4v) is 1.72. The second-order valence-electron chi connectivity index (χ2n) is 3.61. The third-order valence-corrected chi connectivity index (χ3v) is 2.80. The summed E-state index contributed by atoms with van der Waals surface area (Å²) in [4.78, 5) is 15.7. The van der Waals surface area contributed by atoms with E-state index < -0.39 is 5.91 Å². The molecule has 0 aliphatic carbocycles. The molecule has 1 aromatic heterocycles. The van der Waals surface area contributed by atoms with Gasteiger partial charge in [0.2, 0.25) is 0 Å². The molecule has 1 heterocycles. The van der Waals surface area contributed by atoms with Gasteiger partial charge in [0.15, 0.2) is 0 Å². The van der Waals surface area contributed by atoms with Crippen LogP contribution in [0.1, 0.15) is 15.9 Å². The molecule has 1 aromatic carbocycles. The summed E-state index contributed by atoms with van der Waals surface area (Å²) in [6.07, 6.45) is 4.77. The van der Waals surface area contributed by atoms with Crippen molar-refractivity contribution in [3.8, 4) is 0 Å². The minimum atomic E-state index is -0.423. The van der Waals surface area contributed by atoms with Gasteiger partial charge in [0.25, 0.3) is 5.91 Å². The van der Waals surface area contributed by atoms with Crippen molar-refractivity contribution in [3.63, 3.8) is 0 Å². The number of hydrogen-bond donors (Lipinski definition) is 1. The predicted molar refractivity (Wildman–Crippen MR) is 75.8 cm³/mol. The number of rotatable bonds is 3. The Hall–Kier alpha value is -1.91. The van der Waals surface area contributed by atoms with Crippen LogP contribution < -0.4 is 5.43 Å². The Morgan fingerprint density at radius 3 is 2.89 bits per heavy atom. The van der Waals surface area contributed by atoms with Crippen LogP contribution in [-0.2, 0) is 0 Å². The van der Waals surface area contributed by atoms with Crippen molar-refractivity contribution >= 4 is 35.3 Å². The molecule has 2 rings (SSSR count). The molecule has 1 N–H and O–H groups in total. The number of aromatic nitrogens is 1. The first-order valence-corrected chi connectivity index (χ1v) is 6.11.